The summed E-state index contributed by atoms with van der Waals surface area (Å²) < 4.78 is 0. The van der Waals surface area contributed by atoms with Gasteiger partial charge in [0.15, 0.2) is 0 Å². The molecule has 3 rings (SSSR count). The fourth-order valence-electron chi connectivity index (χ4n) is 2.02. The van der Waals surface area contributed by atoms with Crippen molar-refractivity contribution in [1.82, 2.24) is 10.2 Å². The van der Waals surface area contributed by atoms with Crippen molar-refractivity contribution in [3.63, 3.8) is 0 Å². The Labute approximate surface area is 92.5 Å². The highest BCUT2D eigenvalue weighted by Crippen LogP contribution is 2.40. The second-order valence-electron chi connectivity index (χ2n) is 3.74. The molecular weight excluding hydrogens is 210 g/mol. The highest BCUT2D eigenvalue weighted by Gasteiger charge is 2.20. The van der Waals surface area contributed by atoms with Crippen molar-refractivity contribution in [2.24, 2.45) is 0 Å². The lowest BCUT2D eigenvalue weighted by Crippen LogP contribution is -2.08. The molecule has 0 aliphatic carbocycles. The average Bonchev–Trinajstić information content (AvgIpc) is 2.70. The molecule has 0 bridgehead atoms. The number of aromatic amines is 1. The maximum Gasteiger partial charge on any atom is 0.0724 e. The third kappa shape index (κ3) is 1.16. The number of rotatable bonds is 0. The standard InChI is InChI=1S/C11H10ClN3/c1-6-2-3-8(12)11-9(6)10-7(4-13-11)5-14-15-10/h2-3,5,13H,4H2,1H3,(H,14,15). The lowest BCUT2D eigenvalue weighted by atomic mass is 9.97. The molecule has 2 N–H and O–H groups in total. The molecule has 1 aliphatic rings. The second kappa shape index (κ2) is 3.00. The fourth-order valence-corrected chi connectivity index (χ4v) is 2.25. The van der Waals surface area contributed by atoms with Crippen molar-refractivity contribution in [3.8, 4) is 11.3 Å². The number of hydrogen-bond donors (Lipinski definition) is 2. The molecule has 0 fully saturated rings. The molecule has 0 amide bonds. The van der Waals surface area contributed by atoms with Crippen molar-refractivity contribution in [2.45, 2.75) is 13.5 Å². The first kappa shape index (κ1) is 8.80. The molecule has 15 heavy (non-hydrogen) atoms. The number of nitrogens with zero attached hydrogens (tertiary/aromatic N) is 1. The van der Waals surface area contributed by atoms with Crippen LogP contribution in [-0.2, 0) is 6.54 Å². The van der Waals surface area contributed by atoms with E-state index in [0.717, 1.165) is 28.5 Å². The molecule has 1 aromatic carbocycles. The van der Waals surface area contributed by atoms with Crippen molar-refractivity contribution < 1.29 is 0 Å². The molecule has 0 saturated carbocycles. The minimum atomic E-state index is 0.760. The van der Waals surface area contributed by atoms with Crippen molar-refractivity contribution >= 4 is 17.3 Å². The number of aromatic nitrogens is 2. The van der Waals surface area contributed by atoms with E-state index in [-0.39, 0.29) is 0 Å². The molecule has 0 saturated heterocycles. The molecule has 3 nitrogen and oxygen atoms in total. The van der Waals surface area contributed by atoms with E-state index in [0.29, 0.717) is 0 Å². The van der Waals surface area contributed by atoms with E-state index < -0.39 is 0 Å². The van der Waals surface area contributed by atoms with Gasteiger partial charge in [-0.3, -0.25) is 5.10 Å². The highest BCUT2D eigenvalue weighted by atomic mass is 35.5. The first-order valence-electron chi connectivity index (χ1n) is 4.83. The normalized spacial score (nSPS) is 12.9. The SMILES string of the molecule is Cc1ccc(Cl)c2c1-c1[nH]ncc1CN2. The van der Waals surface area contributed by atoms with Crippen LogP contribution in [0.25, 0.3) is 11.3 Å². The van der Waals surface area contributed by atoms with Crippen LogP contribution in [0.4, 0.5) is 5.69 Å². The van der Waals surface area contributed by atoms with E-state index >= 15 is 0 Å². The van der Waals surface area contributed by atoms with Crippen LogP contribution in [0.15, 0.2) is 18.3 Å². The predicted octanol–water partition coefficient (Wildman–Crippen LogP) is 2.96. The van der Waals surface area contributed by atoms with Gasteiger partial charge in [-0.15, -0.1) is 0 Å². The van der Waals surface area contributed by atoms with E-state index in [1.54, 1.807) is 0 Å². The van der Waals surface area contributed by atoms with Gasteiger partial charge in [0.2, 0.25) is 0 Å². The molecule has 1 aliphatic heterocycles. The van der Waals surface area contributed by atoms with Gasteiger partial charge in [0.1, 0.15) is 0 Å². The Morgan fingerprint density at radius 1 is 1.40 bits per heavy atom. The van der Waals surface area contributed by atoms with Crippen LogP contribution in [0.5, 0.6) is 0 Å². The number of fused-ring (bicyclic) bond motifs is 3. The number of benzene rings is 1. The molecule has 0 spiro atoms. The van der Waals surface area contributed by atoms with Gasteiger partial charge in [-0.05, 0) is 18.6 Å². The number of hydrogen-bond acceptors (Lipinski definition) is 2. The minimum absolute atomic E-state index is 0.760. The topological polar surface area (TPSA) is 40.7 Å². The van der Waals surface area contributed by atoms with Crippen molar-refractivity contribution in [1.29, 1.82) is 0 Å². The number of H-pyrrole nitrogens is 1. The molecule has 76 valence electrons. The zero-order chi connectivity index (χ0) is 10.4. The van der Waals surface area contributed by atoms with Gasteiger partial charge in [-0.1, -0.05) is 17.7 Å². The first-order valence-corrected chi connectivity index (χ1v) is 5.21. The van der Waals surface area contributed by atoms with Gasteiger partial charge in [-0.2, -0.15) is 5.10 Å². The van der Waals surface area contributed by atoms with Gasteiger partial charge in [-0.25, -0.2) is 0 Å². The van der Waals surface area contributed by atoms with Crippen molar-refractivity contribution in [2.75, 3.05) is 5.32 Å². The molecule has 0 unspecified atom stereocenters. The van der Waals surface area contributed by atoms with Crippen LogP contribution in [-0.4, -0.2) is 10.2 Å². The lowest BCUT2D eigenvalue weighted by Gasteiger charge is -2.20. The number of halogens is 1. The molecule has 1 aromatic heterocycles. The summed E-state index contributed by atoms with van der Waals surface area (Å²) in [5, 5.41) is 11.2. The summed E-state index contributed by atoms with van der Waals surface area (Å²) in [5.74, 6) is 0. The van der Waals surface area contributed by atoms with Gasteiger partial charge in [0, 0.05) is 17.7 Å². The van der Waals surface area contributed by atoms with E-state index in [1.807, 2.05) is 18.3 Å². The molecular formula is C11H10ClN3. The Bertz CT molecular complexity index is 531. The molecule has 0 radical (unpaired) electrons. The summed E-state index contributed by atoms with van der Waals surface area (Å²) >= 11 is 6.15. The maximum atomic E-state index is 6.15. The van der Waals surface area contributed by atoms with Gasteiger partial charge < -0.3 is 5.32 Å². The summed E-state index contributed by atoms with van der Waals surface area (Å²) in [7, 11) is 0. The Morgan fingerprint density at radius 2 is 2.27 bits per heavy atom. The van der Waals surface area contributed by atoms with Gasteiger partial charge in [0.25, 0.3) is 0 Å². The third-order valence-corrected chi connectivity index (χ3v) is 3.10. The van der Waals surface area contributed by atoms with Crippen LogP contribution < -0.4 is 5.32 Å². The minimum Gasteiger partial charge on any atom is -0.379 e. The average molecular weight is 220 g/mol. The number of nitrogens with one attached hydrogen (secondary N) is 2. The largest absolute Gasteiger partial charge is 0.379 e. The van der Waals surface area contributed by atoms with Crippen molar-refractivity contribution in [3.05, 3.63) is 34.5 Å². The Kier molecular flexibility index (Phi) is 1.76. The van der Waals surface area contributed by atoms with Gasteiger partial charge >= 0.3 is 0 Å². The van der Waals surface area contributed by atoms with Crippen LogP contribution in [0, 0.1) is 6.92 Å². The molecule has 2 aromatic rings. The zero-order valence-corrected chi connectivity index (χ0v) is 9.02. The summed E-state index contributed by atoms with van der Waals surface area (Å²) in [5.41, 5.74) is 5.62. The summed E-state index contributed by atoms with van der Waals surface area (Å²) in [6, 6.07) is 3.95. The summed E-state index contributed by atoms with van der Waals surface area (Å²) in [6.45, 7) is 2.86. The quantitative estimate of drug-likeness (QED) is 0.715. The molecule has 2 heterocycles. The van der Waals surface area contributed by atoms with Crippen LogP contribution >= 0.6 is 11.6 Å². The zero-order valence-electron chi connectivity index (χ0n) is 8.26. The Balaban J connectivity index is 2.36. The number of anilines is 1. The monoisotopic (exact) mass is 219 g/mol. The van der Waals surface area contributed by atoms with Crippen LogP contribution in [0.3, 0.4) is 0 Å². The van der Waals surface area contributed by atoms with E-state index in [2.05, 4.69) is 22.4 Å². The third-order valence-electron chi connectivity index (χ3n) is 2.79. The Morgan fingerprint density at radius 3 is 3.13 bits per heavy atom. The van der Waals surface area contributed by atoms with E-state index in [4.69, 9.17) is 11.6 Å². The van der Waals surface area contributed by atoms with E-state index in [1.165, 1.54) is 11.1 Å². The van der Waals surface area contributed by atoms with E-state index in [9.17, 15) is 0 Å². The second-order valence-corrected chi connectivity index (χ2v) is 4.15. The lowest BCUT2D eigenvalue weighted by molar-refractivity contribution is 1.09. The van der Waals surface area contributed by atoms with Crippen LogP contribution in [0.2, 0.25) is 5.02 Å². The fraction of sp³-hybridized carbons (Fsp3) is 0.182. The maximum absolute atomic E-state index is 6.15. The molecule has 4 heteroatoms. The summed E-state index contributed by atoms with van der Waals surface area (Å²) in [6.07, 6.45) is 1.85. The predicted molar refractivity (Wildman–Crippen MR) is 61.1 cm³/mol. The van der Waals surface area contributed by atoms with Crippen LogP contribution in [0.1, 0.15) is 11.1 Å². The highest BCUT2D eigenvalue weighted by molar-refractivity contribution is 6.34. The smallest absolute Gasteiger partial charge is 0.0724 e. The number of aryl methyl sites for hydroxylation is 1. The molecule has 0 atom stereocenters. The summed E-state index contributed by atoms with van der Waals surface area (Å²) in [4.78, 5) is 0. The first-order chi connectivity index (χ1) is 7.27. The van der Waals surface area contributed by atoms with Gasteiger partial charge in [0.05, 0.1) is 22.6 Å². The Hall–Kier alpha value is -1.48.